The number of aromatic nitrogens is 3. The lowest BCUT2D eigenvalue weighted by Gasteiger charge is -2.36. The van der Waals surface area contributed by atoms with Crippen LogP contribution >= 0.6 is 11.3 Å². The van der Waals surface area contributed by atoms with E-state index in [0.717, 1.165) is 47.2 Å². The van der Waals surface area contributed by atoms with Gasteiger partial charge in [-0.15, -0.1) is 11.3 Å². The number of nitrogens with zero attached hydrogens (tertiary/aromatic N) is 4. The molecule has 0 aliphatic carbocycles. The highest BCUT2D eigenvalue weighted by molar-refractivity contribution is 7.18. The molecule has 5 heteroatoms. The maximum atomic E-state index is 4.85. The Balaban J connectivity index is 1.47. The van der Waals surface area contributed by atoms with Crippen LogP contribution in [0.1, 0.15) is 53.5 Å². The minimum atomic E-state index is 0.333. The SMILES string of the molecule is Cc1cc(CC2CCCN(C(C)c3ccc4sc(C)nc4n3)C2)cc(C)n1. The molecule has 0 N–H and O–H groups in total. The number of piperidine rings is 1. The van der Waals surface area contributed by atoms with Crippen LogP contribution in [-0.4, -0.2) is 32.9 Å². The van der Waals surface area contributed by atoms with Gasteiger partial charge in [-0.2, -0.15) is 0 Å². The molecule has 2 unspecified atom stereocenters. The summed E-state index contributed by atoms with van der Waals surface area (Å²) < 4.78 is 1.18. The van der Waals surface area contributed by atoms with Gasteiger partial charge in [-0.1, -0.05) is 0 Å². The summed E-state index contributed by atoms with van der Waals surface area (Å²) in [6, 6.07) is 9.19. The van der Waals surface area contributed by atoms with E-state index < -0.39 is 0 Å². The molecule has 27 heavy (non-hydrogen) atoms. The van der Waals surface area contributed by atoms with Gasteiger partial charge in [0.15, 0.2) is 5.65 Å². The zero-order valence-electron chi connectivity index (χ0n) is 16.7. The molecule has 4 rings (SSSR count). The highest BCUT2D eigenvalue weighted by Crippen LogP contribution is 2.29. The van der Waals surface area contributed by atoms with Gasteiger partial charge in [-0.05, 0) is 89.2 Å². The van der Waals surface area contributed by atoms with Gasteiger partial charge in [0.05, 0.1) is 15.4 Å². The number of hydrogen-bond donors (Lipinski definition) is 0. The first-order valence-corrected chi connectivity index (χ1v) is 10.7. The Labute approximate surface area is 165 Å². The molecule has 142 valence electrons. The van der Waals surface area contributed by atoms with Crippen molar-refractivity contribution in [2.24, 2.45) is 5.92 Å². The minimum Gasteiger partial charge on any atom is -0.295 e. The average Bonchev–Trinajstić information content (AvgIpc) is 2.99. The van der Waals surface area contributed by atoms with Crippen LogP contribution in [0.5, 0.6) is 0 Å². The van der Waals surface area contributed by atoms with E-state index in [0.29, 0.717) is 12.0 Å². The van der Waals surface area contributed by atoms with E-state index in [9.17, 15) is 0 Å². The summed E-state index contributed by atoms with van der Waals surface area (Å²) in [7, 11) is 0. The molecule has 0 aromatic carbocycles. The first kappa shape index (κ1) is 18.5. The van der Waals surface area contributed by atoms with E-state index in [1.807, 2.05) is 6.92 Å². The number of fused-ring (bicyclic) bond motifs is 1. The van der Waals surface area contributed by atoms with Crippen molar-refractivity contribution in [3.05, 3.63) is 51.9 Å². The second-order valence-electron chi connectivity index (χ2n) is 7.93. The highest BCUT2D eigenvalue weighted by Gasteiger charge is 2.25. The standard InChI is InChI=1S/C22H28N4S/c1-14-10-19(11-15(2)23-14)12-18-6-5-9-26(13-18)16(3)20-7-8-21-22(25-20)24-17(4)27-21/h7-8,10-11,16,18H,5-6,9,12-13H2,1-4H3. The quantitative estimate of drug-likeness (QED) is 0.637. The Morgan fingerprint density at radius 1 is 1.11 bits per heavy atom. The number of thiazole rings is 1. The van der Waals surface area contributed by atoms with E-state index >= 15 is 0 Å². The van der Waals surface area contributed by atoms with Crippen molar-refractivity contribution in [2.75, 3.05) is 13.1 Å². The van der Waals surface area contributed by atoms with Crippen LogP contribution in [0.4, 0.5) is 0 Å². The Bertz CT molecular complexity index is 928. The normalized spacial score (nSPS) is 19.5. The third-order valence-corrected chi connectivity index (χ3v) is 6.50. The van der Waals surface area contributed by atoms with Gasteiger partial charge < -0.3 is 0 Å². The summed E-state index contributed by atoms with van der Waals surface area (Å²) in [5, 5.41) is 1.09. The summed E-state index contributed by atoms with van der Waals surface area (Å²) in [5.74, 6) is 0.702. The fraction of sp³-hybridized carbons (Fsp3) is 0.500. The smallest absolute Gasteiger partial charge is 0.170 e. The minimum absolute atomic E-state index is 0.333. The summed E-state index contributed by atoms with van der Waals surface area (Å²) >= 11 is 1.72. The summed E-state index contributed by atoms with van der Waals surface area (Å²) in [4.78, 5) is 16.5. The van der Waals surface area contributed by atoms with Gasteiger partial charge in [-0.3, -0.25) is 9.88 Å². The van der Waals surface area contributed by atoms with E-state index in [-0.39, 0.29) is 0 Å². The lowest BCUT2D eigenvalue weighted by atomic mass is 9.90. The van der Waals surface area contributed by atoms with Crippen molar-refractivity contribution in [1.29, 1.82) is 0 Å². The zero-order valence-corrected chi connectivity index (χ0v) is 17.5. The lowest BCUT2D eigenvalue weighted by Crippen LogP contribution is -2.38. The molecule has 3 aromatic rings. The predicted octanol–water partition coefficient (Wildman–Crippen LogP) is 5.03. The fourth-order valence-corrected chi connectivity index (χ4v) is 5.12. The Morgan fingerprint density at radius 3 is 2.67 bits per heavy atom. The molecular formula is C22H28N4S. The van der Waals surface area contributed by atoms with Crippen molar-refractivity contribution in [2.45, 2.75) is 53.0 Å². The molecule has 3 aromatic heterocycles. The third kappa shape index (κ3) is 4.19. The number of hydrogen-bond acceptors (Lipinski definition) is 5. The van der Waals surface area contributed by atoms with Gasteiger partial charge in [0.25, 0.3) is 0 Å². The first-order chi connectivity index (χ1) is 13.0. The largest absolute Gasteiger partial charge is 0.295 e. The van der Waals surface area contributed by atoms with Crippen LogP contribution < -0.4 is 0 Å². The van der Waals surface area contributed by atoms with Crippen LogP contribution in [-0.2, 0) is 6.42 Å². The summed E-state index contributed by atoms with van der Waals surface area (Å²) in [5.41, 5.74) is 5.73. The molecule has 0 amide bonds. The third-order valence-electron chi connectivity index (χ3n) is 5.57. The van der Waals surface area contributed by atoms with Crippen LogP contribution in [0.3, 0.4) is 0 Å². The Kier molecular flexibility index (Phi) is 5.24. The zero-order chi connectivity index (χ0) is 19.0. The second kappa shape index (κ2) is 7.64. The first-order valence-electron chi connectivity index (χ1n) is 9.90. The van der Waals surface area contributed by atoms with Crippen molar-refractivity contribution in [3.63, 3.8) is 0 Å². The van der Waals surface area contributed by atoms with Crippen LogP contribution in [0.25, 0.3) is 10.3 Å². The van der Waals surface area contributed by atoms with E-state index in [1.54, 1.807) is 11.3 Å². The Morgan fingerprint density at radius 2 is 1.89 bits per heavy atom. The van der Waals surface area contributed by atoms with Gasteiger partial charge in [0.1, 0.15) is 0 Å². The van der Waals surface area contributed by atoms with Crippen LogP contribution in [0.15, 0.2) is 24.3 Å². The fourth-order valence-electron chi connectivity index (χ4n) is 4.35. The van der Waals surface area contributed by atoms with Gasteiger partial charge in [0, 0.05) is 24.0 Å². The molecule has 0 saturated carbocycles. The molecule has 1 aliphatic rings. The molecule has 1 aliphatic heterocycles. The summed E-state index contributed by atoms with van der Waals surface area (Å²) in [6.07, 6.45) is 3.71. The molecule has 4 heterocycles. The summed E-state index contributed by atoms with van der Waals surface area (Å²) in [6.45, 7) is 10.8. The molecule has 0 spiro atoms. The molecule has 4 nitrogen and oxygen atoms in total. The van der Waals surface area contributed by atoms with E-state index in [1.165, 1.54) is 23.1 Å². The molecular weight excluding hydrogens is 352 g/mol. The van der Waals surface area contributed by atoms with Crippen LogP contribution in [0.2, 0.25) is 0 Å². The molecule has 0 radical (unpaired) electrons. The second-order valence-corrected chi connectivity index (χ2v) is 9.17. The maximum absolute atomic E-state index is 4.85. The molecule has 1 saturated heterocycles. The molecule has 2 atom stereocenters. The maximum Gasteiger partial charge on any atom is 0.170 e. The Hall–Kier alpha value is -1.85. The number of pyridine rings is 2. The molecule has 1 fully saturated rings. The van der Waals surface area contributed by atoms with Gasteiger partial charge >= 0.3 is 0 Å². The predicted molar refractivity (Wildman–Crippen MR) is 112 cm³/mol. The van der Waals surface area contributed by atoms with Gasteiger partial charge in [-0.25, -0.2) is 9.97 Å². The number of likely N-dealkylation sites (tertiary alicyclic amines) is 1. The molecule has 0 bridgehead atoms. The van der Waals surface area contributed by atoms with Crippen molar-refractivity contribution in [1.82, 2.24) is 19.9 Å². The van der Waals surface area contributed by atoms with Crippen molar-refractivity contribution in [3.8, 4) is 0 Å². The van der Waals surface area contributed by atoms with E-state index in [4.69, 9.17) is 4.98 Å². The topological polar surface area (TPSA) is 41.9 Å². The van der Waals surface area contributed by atoms with Crippen molar-refractivity contribution < 1.29 is 0 Å². The number of aryl methyl sites for hydroxylation is 3. The number of rotatable bonds is 4. The van der Waals surface area contributed by atoms with Crippen molar-refractivity contribution >= 4 is 21.7 Å². The van der Waals surface area contributed by atoms with Gasteiger partial charge in [0.2, 0.25) is 0 Å². The monoisotopic (exact) mass is 380 g/mol. The van der Waals surface area contributed by atoms with Crippen LogP contribution in [0, 0.1) is 26.7 Å². The average molecular weight is 381 g/mol. The van der Waals surface area contributed by atoms with E-state index in [2.05, 4.69) is 59.9 Å². The lowest BCUT2D eigenvalue weighted by molar-refractivity contribution is 0.129. The highest BCUT2D eigenvalue weighted by atomic mass is 32.1.